The predicted octanol–water partition coefficient (Wildman–Crippen LogP) is 3.19. The van der Waals surface area contributed by atoms with Crippen LogP contribution in [0, 0.1) is 0 Å². The molecule has 118 valence electrons. The van der Waals surface area contributed by atoms with Crippen molar-refractivity contribution >= 4 is 16.7 Å². The maximum atomic E-state index is 11.2. The second-order valence-electron chi connectivity index (χ2n) is 5.90. The molecule has 0 aliphatic rings. The average Bonchev–Trinajstić information content (AvgIpc) is 2.51. The molecule has 0 aliphatic carbocycles. The number of amides is 1. The molecule has 3 nitrogen and oxygen atoms in total. The van der Waals surface area contributed by atoms with Crippen molar-refractivity contribution in [1.82, 2.24) is 5.32 Å². The van der Waals surface area contributed by atoms with E-state index in [1.165, 1.54) is 21.9 Å². The number of primary amides is 1. The summed E-state index contributed by atoms with van der Waals surface area (Å²) in [5.41, 5.74) is 7.96. The summed E-state index contributed by atoms with van der Waals surface area (Å²) >= 11 is 0. The molecule has 2 rings (SSSR count). The third-order valence-electron chi connectivity index (χ3n) is 3.99. The third-order valence-corrected chi connectivity index (χ3v) is 3.99. The lowest BCUT2D eigenvalue weighted by molar-refractivity contribution is -0.118. The first-order valence-electron chi connectivity index (χ1n) is 8.15. The molecule has 0 radical (unpaired) electrons. The lowest BCUT2D eigenvalue weighted by Crippen LogP contribution is -2.35. The van der Waals surface area contributed by atoms with Crippen molar-refractivity contribution in [2.45, 2.75) is 45.6 Å². The smallest absolute Gasteiger partial charge is 0.218 e. The van der Waals surface area contributed by atoms with Gasteiger partial charge in [0.1, 0.15) is 0 Å². The highest BCUT2D eigenvalue weighted by Crippen LogP contribution is 2.19. The molecule has 0 unspecified atom stereocenters. The summed E-state index contributed by atoms with van der Waals surface area (Å²) in [6.07, 6.45) is 3.31. The molecule has 1 atom stereocenters. The Bertz CT molecular complexity index is 636. The van der Waals surface area contributed by atoms with E-state index in [4.69, 9.17) is 5.73 Å². The van der Waals surface area contributed by atoms with Gasteiger partial charge in [0.2, 0.25) is 5.91 Å². The van der Waals surface area contributed by atoms with Gasteiger partial charge >= 0.3 is 0 Å². The maximum absolute atomic E-state index is 11.2. The van der Waals surface area contributed by atoms with Crippen LogP contribution in [-0.2, 0) is 17.6 Å². The molecule has 1 amide bonds. The van der Waals surface area contributed by atoms with Gasteiger partial charge in [-0.2, -0.15) is 0 Å². The summed E-state index contributed by atoms with van der Waals surface area (Å²) in [5, 5.41) is 5.94. The molecule has 2 aromatic carbocycles. The number of nitrogens with one attached hydrogen (secondary N) is 1. The standard InChI is InChI=1S/C19H26N2O/c1-3-9-21-18(13-19(20)22)12-15-6-8-16-10-14(4-2)5-7-17(16)11-15/h5-8,10-11,18,21H,3-4,9,12-13H2,1-2H3,(H2,20,22)/t18-/m0/s1. The van der Waals surface area contributed by atoms with Crippen molar-refractivity contribution in [1.29, 1.82) is 0 Å². The number of nitrogens with two attached hydrogens (primary N) is 1. The number of hydrogen-bond donors (Lipinski definition) is 2. The van der Waals surface area contributed by atoms with E-state index in [9.17, 15) is 4.79 Å². The summed E-state index contributed by atoms with van der Waals surface area (Å²) in [6.45, 7) is 5.20. The van der Waals surface area contributed by atoms with Crippen LogP contribution in [0.1, 0.15) is 37.8 Å². The number of carbonyl (C=O) groups is 1. The Hall–Kier alpha value is -1.87. The molecule has 2 aromatic rings. The summed E-state index contributed by atoms with van der Waals surface area (Å²) in [7, 11) is 0. The summed E-state index contributed by atoms with van der Waals surface area (Å²) in [4.78, 5) is 11.2. The molecule has 0 saturated carbocycles. The zero-order valence-corrected chi connectivity index (χ0v) is 13.6. The topological polar surface area (TPSA) is 55.1 Å². The van der Waals surface area contributed by atoms with Crippen molar-refractivity contribution < 1.29 is 4.79 Å². The summed E-state index contributed by atoms with van der Waals surface area (Å²) < 4.78 is 0. The van der Waals surface area contributed by atoms with Crippen LogP contribution in [0.5, 0.6) is 0 Å². The molecule has 0 spiro atoms. The zero-order chi connectivity index (χ0) is 15.9. The molecule has 0 bridgehead atoms. The highest BCUT2D eigenvalue weighted by atomic mass is 16.1. The Balaban J connectivity index is 2.16. The molecule has 3 N–H and O–H groups in total. The van der Waals surface area contributed by atoms with E-state index in [1.54, 1.807) is 0 Å². The summed E-state index contributed by atoms with van der Waals surface area (Å²) in [5.74, 6) is -0.248. The highest BCUT2D eigenvalue weighted by molar-refractivity contribution is 5.84. The Labute approximate surface area is 132 Å². The fourth-order valence-electron chi connectivity index (χ4n) is 2.78. The van der Waals surface area contributed by atoms with Crippen LogP contribution in [-0.4, -0.2) is 18.5 Å². The molecule has 0 saturated heterocycles. The molecule has 0 aromatic heterocycles. The van der Waals surface area contributed by atoms with Crippen LogP contribution < -0.4 is 11.1 Å². The average molecular weight is 298 g/mol. The Morgan fingerprint density at radius 3 is 2.32 bits per heavy atom. The summed E-state index contributed by atoms with van der Waals surface area (Å²) in [6, 6.07) is 13.3. The van der Waals surface area contributed by atoms with Crippen molar-refractivity contribution in [3.05, 3.63) is 47.5 Å². The minimum absolute atomic E-state index is 0.116. The van der Waals surface area contributed by atoms with Gasteiger partial charge in [-0.1, -0.05) is 50.2 Å². The largest absolute Gasteiger partial charge is 0.370 e. The highest BCUT2D eigenvalue weighted by Gasteiger charge is 2.12. The van der Waals surface area contributed by atoms with Crippen LogP contribution in [0.4, 0.5) is 0 Å². The van der Waals surface area contributed by atoms with Crippen molar-refractivity contribution in [2.24, 2.45) is 5.73 Å². The van der Waals surface area contributed by atoms with E-state index in [-0.39, 0.29) is 11.9 Å². The third kappa shape index (κ3) is 4.57. The van der Waals surface area contributed by atoms with Crippen LogP contribution in [0.25, 0.3) is 10.8 Å². The molecular weight excluding hydrogens is 272 g/mol. The lowest BCUT2D eigenvalue weighted by Gasteiger charge is -2.17. The van der Waals surface area contributed by atoms with Gasteiger partial charge in [0.05, 0.1) is 0 Å². The van der Waals surface area contributed by atoms with Gasteiger partial charge < -0.3 is 11.1 Å². The number of fused-ring (bicyclic) bond motifs is 1. The van der Waals surface area contributed by atoms with Gasteiger partial charge in [0.15, 0.2) is 0 Å². The van der Waals surface area contributed by atoms with E-state index in [1.807, 2.05) is 0 Å². The SMILES string of the molecule is CCCN[C@H](CC(N)=O)Cc1ccc2cc(CC)ccc2c1. The maximum Gasteiger partial charge on any atom is 0.218 e. The number of hydrogen-bond acceptors (Lipinski definition) is 2. The Morgan fingerprint density at radius 2 is 1.73 bits per heavy atom. The fourth-order valence-corrected chi connectivity index (χ4v) is 2.78. The molecule has 22 heavy (non-hydrogen) atoms. The molecule has 3 heteroatoms. The van der Waals surface area contributed by atoms with E-state index >= 15 is 0 Å². The van der Waals surface area contributed by atoms with Gasteiger partial charge in [0, 0.05) is 12.5 Å². The minimum atomic E-state index is -0.248. The van der Waals surface area contributed by atoms with E-state index in [0.717, 1.165) is 25.8 Å². The first-order chi connectivity index (χ1) is 10.6. The normalized spacial score (nSPS) is 12.5. The van der Waals surface area contributed by atoms with E-state index in [0.29, 0.717) is 6.42 Å². The van der Waals surface area contributed by atoms with Crippen LogP contribution >= 0.6 is 0 Å². The van der Waals surface area contributed by atoms with Crippen molar-refractivity contribution in [3.63, 3.8) is 0 Å². The number of rotatable bonds is 8. The number of aryl methyl sites for hydroxylation is 1. The quantitative estimate of drug-likeness (QED) is 0.786. The Kier molecular flexibility index (Phi) is 5.96. The van der Waals surface area contributed by atoms with E-state index < -0.39 is 0 Å². The monoisotopic (exact) mass is 298 g/mol. The fraction of sp³-hybridized carbons (Fsp3) is 0.421. The number of benzene rings is 2. The van der Waals surface area contributed by atoms with Crippen LogP contribution in [0.2, 0.25) is 0 Å². The van der Waals surface area contributed by atoms with E-state index in [2.05, 4.69) is 55.6 Å². The lowest BCUT2D eigenvalue weighted by atomic mass is 9.98. The van der Waals surface area contributed by atoms with Gasteiger partial charge in [0.25, 0.3) is 0 Å². The molecule has 0 heterocycles. The second-order valence-corrected chi connectivity index (χ2v) is 5.90. The van der Waals surface area contributed by atoms with Crippen molar-refractivity contribution in [2.75, 3.05) is 6.54 Å². The first kappa shape index (κ1) is 16.5. The van der Waals surface area contributed by atoms with Crippen molar-refractivity contribution in [3.8, 4) is 0 Å². The number of carbonyl (C=O) groups excluding carboxylic acids is 1. The molecule has 0 fully saturated rings. The van der Waals surface area contributed by atoms with Crippen LogP contribution in [0.3, 0.4) is 0 Å². The molecule has 0 aliphatic heterocycles. The predicted molar refractivity (Wildman–Crippen MR) is 92.9 cm³/mol. The first-order valence-corrected chi connectivity index (χ1v) is 8.15. The molecular formula is C19H26N2O. The second kappa shape index (κ2) is 7.95. The van der Waals surface area contributed by atoms with Gasteiger partial charge in [-0.25, -0.2) is 0 Å². The van der Waals surface area contributed by atoms with Gasteiger partial charge in [-0.05, 0) is 47.7 Å². The van der Waals surface area contributed by atoms with Gasteiger partial charge in [-0.3, -0.25) is 4.79 Å². The Morgan fingerprint density at radius 1 is 1.09 bits per heavy atom. The minimum Gasteiger partial charge on any atom is -0.370 e. The van der Waals surface area contributed by atoms with Crippen LogP contribution in [0.15, 0.2) is 36.4 Å². The van der Waals surface area contributed by atoms with Gasteiger partial charge in [-0.15, -0.1) is 0 Å². The zero-order valence-electron chi connectivity index (χ0n) is 13.6.